The van der Waals surface area contributed by atoms with Crippen LogP contribution in [0, 0.1) is 12.8 Å². The zero-order valence-corrected chi connectivity index (χ0v) is 16.0. The summed E-state index contributed by atoms with van der Waals surface area (Å²) >= 11 is 0. The highest BCUT2D eigenvalue weighted by molar-refractivity contribution is 7.91. The minimum atomic E-state index is -3.41. The molecule has 1 saturated carbocycles. The first-order chi connectivity index (χ1) is 11.1. The van der Waals surface area contributed by atoms with E-state index in [1.807, 2.05) is 19.1 Å². The van der Waals surface area contributed by atoms with Crippen LogP contribution >= 0.6 is 0 Å². The second-order valence-electron chi connectivity index (χ2n) is 7.82. The number of amides is 1. The van der Waals surface area contributed by atoms with Gasteiger partial charge >= 0.3 is 0 Å². The first kappa shape index (κ1) is 19.0. The molecule has 1 aromatic carbocycles. The predicted molar refractivity (Wildman–Crippen MR) is 96.9 cm³/mol. The van der Waals surface area contributed by atoms with Gasteiger partial charge in [0.15, 0.2) is 9.84 Å². The Morgan fingerprint density at radius 2 is 1.83 bits per heavy atom. The van der Waals surface area contributed by atoms with E-state index in [-0.39, 0.29) is 29.5 Å². The fraction of sp³-hybridized carbons (Fsp3) is 0.632. The van der Waals surface area contributed by atoms with Crippen molar-refractivity contribution in [2.45, 2.75) is 63.7 Å². The minimum absolute atomic E-state index is 0.00265. The van der Waals surface area contributed by atoms with Crippen molar-refractivity contribution in [1.29, 1.82) is 0 Å². The van der Waals surface area contributed by atoms with Crippen molar-refractivity contribution in [3.63, 3.8) is 0 Å². The molecule has 1 aromatic rings. The van der Waals surface area contributed by atoms with Crippen LogP contribution in [0.3, 0.4) is 0 Å². The average molecular weight is 352 g/mol. The van der Waals surface area contributed by atoms with Gasteiger partial charge in [-0.05, 0) is 42.4 Å². The van der Waals surface area contributed by atoms with Crippen molar-refractivity contribution in [3.05, 3.63) is 29.3 Å². The lowest BCUT2D eigenvalue weighted by Gasteiger charge is -2.21. The van der Waals surface area contributed by atoms with Gasteiger partial charge in [0.1, 0.15) is 0 Å². The Labute approximate surface area is 146 Å². The smallest absolute Gasteiger partial charge is 0.223 e. The van der Waals surface area contributed by atoms with Crippen LogP contribution in [0.1, 0.15) is 57.6 Å². The number of hydrogen-bond donors (Lipinski definition) is 1. The molecule has 0 heterocycles. The summed E-state index contributed by atoms with van der Waals surface area (Å²) in [5.74, 6) is 0.0152. The summed E-state index contributed by atoms with van der Waals surface area (Å²) in [5, 5.41) is 2.80. The Bertz CT molecular complexity index is 696. The largest absolute Gasteiger partial charge is 0.355 e. The Balaban J connectivity index is 2.05. The maximum Gasteiger partial charge on any atom is 0.223 e. The van der Waals surface area contributed by atoms with Gasteiger partial charge in [-0.15, -0.1) is 0 Å². The number of nitrogens with one attached hydrogen (secondary N) is 1. The van der Waals surface area contributed by atoms with Gasteiger partial charge in [-0.25, -0.2) is 8.42 Å². The highest BCUT2D eigenvalue weighted by Crippen LogP contribution is 2.27. The lowest BCUT2D eigenvalue weighted by atomic mass is 9.87. The lowest BCUT2D eigenvalue weighted by Crippen LogP contribution is -2.33. The van der Waals surface area contributed by atoms with Crippen LogP contribution in [0.25, 0.3) is 0 Å². The molecular formula is C19H29NO3S. The minimum Gasteiger partial charge on any atom is -0.355 e. The van der Waals surface area contributed by atoms with Crippen LogP contribution in [0.4, 0.5) is 0 Å². The van der Waals surface area contributed by atoms with Crippen LogP contribution < -0.4 is 5.32 Å². The van der Waals surface area contributed by atoms with Gasteiger partial charge in [0.2, 0.25) is 5.91 Å². The van der Waals surface area contributed by atoms with Crippen LogP contribution in [0.15, 0.2) is 23.1 Å². The van der Waals surface area contributed by atoms with Gasteiger partial charge < -0.3 is 5.32 Å². The van der Waals surface area contributed by atoms with Crippen LogP contribution in [0.2, 0.25) is 0 Å². The maximum atomic E-state index is 12.7. The first-order valence-electron chi connectivity index (χ1n) is 8.73. The van der Waals surface area contributed by atoms with Crippen molar-refractivity contribution in [1.82, 2.24) is 5.32 Å². The monoisotopic (exact) mass is 351 g/mol. The number of carbonyl (C=O) groups is 1. The maximum absolute atomic E-state index is 12.7. The SMILES string of the molecule is Cc1ccc(C(C)(C)C)cc1S(=O)(=O)CCNC(=O)C1CCCC1. The molecule has 0 unspecified atom stereocenters. The van der Waals surface area contributed by atoms with Crippen molar-refractivity contribution < 1.29 is 13.2 Å². The molecule has 4 nitrogen and oxygen atoms in total. The summed E-state index contributed by atoms with van der Waals surface area (Å²) in [7, 11) is -3.41. The summed E-state index contributed by atoms with van der Waals surface area (Å²) in [6.45, 7) is 8.19. The Hall–Kier alpha value is -1.36. The zero-order chi connectivity index (χ0) is 18.0. The molecule has 0 aliphatic heterocycles. The van der Waals surface area contributed by atoms with E-state index in [2.05, 4.69) is 26.1 Å². The second-order valence-corrected chi connectivity index (χ2v) is 9.90. The van der Waals surface area contributed by atoms with Gasteiger partial charge in [-0.2, -0.15) is 0 Å². The molecule has 0 radical (unpaired) electrons. The van der Waals surface area contributed by atoms with Crippen molar-refractivity contribution in [3.8, 4) is 0 Å². The number of carbonyl (C=O) groups excluding carboxylic acids is 1. The van der Waals surface area contributed by atoms with E-state index in [1.165, 1.54) is 0 Å². The Morgan fingerprint density at radius 3 is 2.42 bits per heavy atom. The molecule has 1 aliphatic rings. The van der Waals surface area contributed by atoms with Crippen molar-refractivity contribution in [2.24, 2.45) is 5.92 Å². The molecule has 0 bridgehead atoms. The third-order valence-electron chi connectivity index (χ3n) is 4.79. The van der Waals surface area contributed by atoms with Gasteiger partial charge in [0.05, 0.1) is 10.6 Å². The topological polar surface area (TPSA) is 63.2 Å². The molecule has 2 rings (SSSR count). The van der Waals surface area contributed by atoms with E-state index in [9.17, 15) is 13.2 Å². The van der Waals surface area contributed by atoms with E-state index < -0.39 is 9.84 Å². The molecule has 1 fully saturated rings. The Morgan fingerprint density at radius 1 is 1.21 bits per heavy atom. The summed E-state index contributed by atoms with van der Waals surface area (Å²) in [6.07, 6.45) is 4.03. The molecular weight excluding hydrogens is 322 g/mol. The van der Waals surface area contributed by atoms with Crippen LogP contribution in [-0.2, 0) is 20.0 Å². The van der Waals surface area contributed by atoms with E-state index in [1.54, 1.807) is 6.07 Å². The van der Waals surface area contributed by atoms with E-state index in [0.717, 1.165) is 36.8 Å². The second kappa shape index (κ2) is 7.26. The van der Waals surface area contributed by atoms with E-state index >= 15 is 0 Å². The fourth-order valence-corrected chi connectivity index (χ4v) is 4.61. The van der Waals surface area contributed by atoms with Crippen LogP contribution in [-0.4, -0.2) is 26.6 Å². The number of aryl methyl sites for hydroxylation is 1. The molecule has 1 aliphatic carbocycles. The molecule has 5 heteroatoms. The van der Waals surface area contributed by atoms with Crippen LogP contribution in [0.5, 0.6) is 0 Å². The molecule has 1 amide bonds. The molecule has 1 N–H and O–H groups in total. The summed E-state index contributed by atoms with van der Waals surface area (Å²) in [5.41, 5.74) is 1.65. The highest BCUT2D eigenvalue weighted by atomic mass is 32.2. The van der Waals surface area contributed by atoms with Gasteiger partial charge in [-0.1, -0.05) is 45.7 Å². The third kappa shape index (κ3) is 4.59. The first-order valence-corrected chi connectivity index (χ1v) is 10.4. The van der Waals surface area contributed by atoms with Crippen molar-refractivity contribution in [2.75, 3.05) is 12.3 Å². The molecule has 24 heavy (non-hydrogen) atoms. The number of hydrogen-bond acceptors (Lipinski definition) is 3. The van der Waals surface area contributed by atoms with Gasteiger partial charge in [-0.3, -0.25) is 4.79 Å². The molecule has 134 valence electrons. The standard InChI is InChI=1S/C19H29NO3S/c1-14-9-10-16(19(2,3)4)13-17(14)24(22,23)12-11-20-18(21)15-7-5-6-8-15/h9-10,13,15H,5-8,11-12H2,1-4H3,(H,20,21). The molecule has 0 aromatic heterocycles. The van der Waals surface area contributed by atoms with Crippen molar-refractivity contribution >= 4 is 15.7 Å². The Kier molecular flexibility index (Phi) is 5.74. The lowest BCUT2D eigenvalue weighted by molar-refractivity contribution is -0.124. The zero-order valence-electron chi connectivity index (χ0n) is 15.2. The molecule has 0 atom stereocenters. The number of rotatable bonds is 5. The van der Waals surface area contributed by atoms with E-state index in [0.29, 0.717) is 4.90 Å². The number of benzene rings is 1. The highest BCUT2D eigenvalue weighted by Gasteiger charge is 2.24. The average Bonchev–Trinajstić information content (AvgIpc) is 3.00. The van der Waals surface area contributed by atoms with Gasteiger partial charge in [0, 0.05) is 12.5 Å². The quantitative estimate of drug-likeness (QED) is 0.884. The fourth-order valence-electron chi connectivity index (χ4n) is 3.15. The number of sulfone groups is 1. The predicted octanol–water partition coefficient (Wildman–Crippen LogP) is 3.37. The normalized spacial score (nSPS) is 16.3. The molecule has 0 saturated heterocycles. The van der Waals surface area contributed by atoms with E-state index in [4.69, 9.17) is 0 Å². The van der Waals surface area contributed by atoms with Gasteiger partial charge in [0.25, 0.3) is 0 Å². The molecule has 0 spiro atoms. The summed E-state index contributed by atoms with van der Waals surface area (Å²) < 4.78 is 25.4. The summed E-state index contributed by atoms with van der Waals surface area (Å²) in [4.78, 5) is 12.4. The summed E-state index contributed by atoms with van der Waals surface area (Å²) in [6, 6.07) is 5.63. The third-order valence-corrected chi connectivity index (χ3v) is 6.64.